The molecule has 0 aromatic carbocycles. The number of halogens is 1. The van der Waals surface area contributed by atoms with Gasteiger partial charge in [0.25, 0.3) is 0 Å². The summed E-state index contributed by atoms with van der Waals surface area (Å²) in [7, 11) is 0. The van der Waals surface area contributed by atoms with Crippen molar-refractivity contribution in [3.8, 4) is 0 Å². The second-order valence-corrected chi connectivity index (χ2v) is 13.4. The first-order chi connectivity index (χ1) is 19.2. The lowest BCUT2D eigenvalue weighted by molar-refractivity contribution is -0.929. The van der Waals surface area contributed by atoms with Gasteiger partial charge in [0.15, 0.2) is 0 Å². The Morgan fingerprint density at radius 3 is 0.550 bits per heavy atom. The fraction of sp³-hybridized carbons (Fsp3) is 1.00. The highest BCUT2D eigenvalue weighted by molar-refractivity contribution is 4.55. The molecule has 0 aromatic heterocycles. The van der Waals surface area contributed by atoms with Crippen LogP contribution in [0.5, 0.6) is 0 Å². The van der Waals surface area contributed by atoms with Crippen molar-refractivity contribution in [3.63, 3.8) is 0 Å². The van der Waals surface area contributed by atoms with Crippen LogP contribution in [0.15, 0.2) is 0 Å². The van der Waals surface area contributed by atoms with E-state index in [0.29, 0.717) is 0 Å². The topological polar surface area (TPSA) is 0 Å². The van der Waals surface area contributed by atoms with Crippen LogP contribution in [0.3, 0.4) is 0 Å². The summed E-state index contributed by atoms with van der Waals surface area (Å²) in [5, 5.41) is 0. The van der Waals surface area contributed by atoms with Crippen LogP contribution < -0.4 is 12.4 Å². The van der Waals surface area contributed by atoms with E-state index in [1.165, 1.54) is 223 Å². The molecule has 0 spiro atoms. The van der Waals surface area contributed by atoms with Gasteiger partial charge in [-0.05, 0) is 51.4 Å². The van der Waals surface area contributed by atoms with Gasteiger partial charge in [-0.2, -0.15) is 0 Å². The van der Waals surface area contributed by atoms with Gasteiger partial charge in [0.1, 0.15) is 0 Å². The Morgan fingerprint density at radius 2 is 0.375 bits per heavy atom. The molecule has 40 heavy (non-hydrogen) atoms. The summed E-state index contributed by atoms with van der Waals surface area (Å²) in [5.41, 5.74) is 0. The molecule has 0 rings (SSSR count). The maximum absolute atomic E-state index is 2.35. The summed E-state index contributed by atoms with van der Waals surface area (Å²) in [6, 6.07) is 0. The minimum absolute atomic E-state index is 0. The summed E-state index contributed by atoms with van der Waals surface area (Å²) >= 11 is 0. The third-order valence-corrected chi connectivity index (χ3v) is 9.44. The van der Waals surface area contributed by atoms with Gasteiger partial charge in [0.05, 0.1) is 26.2 Å². The minimum atomic E-state index is 0. The Balaban J connectivity index is 0. The van der Waals surface area contributed by atoms with E-state index in [0.717, 1.165) is 0 Å². The standard InChI is InChI=1S/C38H80N.ClH/c1-5-9-13-17-19-21-23-25-29-33-37-39(35-31-27-15-11-7-3,36-32-28-16-12-8-4)38-34-30-26-24-22-20-18-14-10-6-2;/h5-38H2,1-4H3;1H/q+1;/p-1. The Bertz CT molecular complexity index is 397. The summed E-state index contributed by atoms with van der Waals surface area (Å²) in [6.07, 6.45) is 43.7. The number of hydrogen-bond donors (Lipinski definition) is 0. The van der Waals surface area contributed by atoms with E-state index >= 15 is 0 Å². The molecule has 0 unspecified atom stereocenters. The lowest BCUT2D eigenvalue weighted by Gasteiger charge is -2.40. The van der Waals surface area contributed by atoms with E-state index < -0.39 is 0 Å². The van der Waals surface area contributed by atoms with Crippen molar-refractivity contribution in [1.29, 1.82) is 0 Å². The van der Waals surface area contributed by atoms with Crippen molar-refractivity contribution in [2.24, 2.45) is 0 Å². The molecule has 0 aliphatic rings. The van der Waals surface area contributed by atoms with Crippen LogP contribution in [0, 0.1) is 0 Å². The van der Waals surface area contributed by atoms with Gasteiger partial charge in [-0.3, -0.25) is 0 Å². The van der Waals surface area contributed by atoms with E-state index in [1.54, 1.807) is 0 Å². The van der Waals surface area contributed by atoms with Crippen LogP contribution >= 0.6 is 0 Å². The Morgan fingerprint density at radius 1 is 0.225 bits per heavy atom. The normalized spacial score (nSPS) is 11.7. The molecule has 0 heterocycles. The van der Waals surface area contributed by atoms with Crippen LogP contribution in [-0.4, -0.2) is 30.7 Å². The fourth-order valence-electron chi connectivity index (χ4n) is 6.64. The second kappa shape index (κ2) is 35.4. The average Bonchev–Trinajstić information content (AvgIpc) is 2.94. The molecule has 0 N–H and O–H groups in total. The summed E-state index contributed by atoms with van der Waals surface area (Å²) in [5.74, 6) is 0. The molecule has 244 valence electrons. The maximum atomic E-state index is 2.35. The van der Waals surface area contributed by atoms with E-state index in [2.05, 4.69) is 27.7 Å². The molecule has 1 nitrogen and oxygen atoms in total. The number of quaternary nitrogens is 1. The quantitative estimate of drug-likeness (QED) is 0.0520. The van der Waals surface area contributed by atoms with E-state index in [9.17, 15) is 0 Å². The van der Waals surface area contributed by atoms with Gasteiger partial charge in [0, 0.05) is 0 Å². The zero-order valence-electron chi connectivity index (χ0n) is 28.9. The van der Waals surface area contributed by atoms with Crippen molar-refractivity contribution in [2.45, 2.75) is 220 Å². The van der Waals surface area contributed by atoms with Crippen LogP contribution in [0.4, 0.5) is 0 Å². The van der Waals surface area contributed by atoms with Crippen LogP contribution in [-0.2, 0) is 0 Å². The van der Waals surface area contributed by atoms with Gasteiger partial charge < -0.3 is 16.9 Å². The van der Waals surface area contributed by atoms with E-state index in [-0.39, 0.29) is 12.4 Å². The van der Waals surface area contributed by atoms with E-state index in [1.807, 2.05) is 0 Å². The third kappa shape index (κ3) is 29.7. The van der Waals surface area contributed by atoms with Crippen molar-refractivity contribution in [2.75, 3.05) is 26.2 Å². The minimum Gasteiger partial charge on any atom is -1.00 e. The highest BCUT2D eigenvalue weighted by Gasteiger charge is 2.25. The fourth-order valence-corrected chi connectivity index (χ4v) is 6.64. The molecule has 2 heteroatoms. The monoisotopic (exact) mass is 586 g/mol. The molecule has 0 fully saturated rings. The van der Waals surface area contributed by atoms with Gasteiger partial charge in [0.2, 0.25) is 0 Å². The van der Waals surface area contributed by atoms with Crippen molar-refractivity contribution < 1.29 is 16.9 Å². The third-order valence-electron chi connectivity index (χ3n) is 9.44. The Hall–Kier alpha value is 0.250. The molecular formula is C38H80ClN. The van der Waals surface area contributed by atoms with Crippen molar-refractivity contribution >= 4 is 0 Å². The molecule has 0 aliphatic carbocycles. The molecule has 0 radical (unpaired) electrons. The van der Waals surface area contributed by atoms with Crippen LogP contribution in [0.2, 0.25) is 0 Å². The average molecular weight is 587 g/mol. The number of nitrogens with zero attached hydrogens (tertiary/aromatic N) is 1. The van der Waals surface area contributed by atoms with Gasteiger partial charge in [-0.15, -0.1) is 0 Å². The second-order valence-electron chi connectivity index (χ2n) is 13.4. The zero-order valence-corrected chi connectivity index (χ0v) is 29.6. The summed E-state index contributed by atoms with van der Waals surface area (Å²) in [6.45, 7) is 15.3. The first-order valence-corrected chi connectivity index (χ1v) is 19.1. The van der Waals surface area contributed by atoms with Crippen LogP contribution in [0.25, 0.3) is 0 Å². The first kappa shape index (κ1) is 42.4. The van der Waals surface area contributed by atoms with Gasteiger partial charge >= 0.3 is 0 Å². The molecule has 0 saturated heterocycles. The molecule has 0 saturated carbocycles. The highest BCUT2D eigenvalue weighted by atomic mass is 35.5. The molecule has 0 aliphatic heterocycles. The number of rotatable bonds is 34. The predicted octanol–water partition coefficient (Wildman–Crippen LogP) is 10.6. The lowest BCUT2D eigenvalue weighted by atomic mass is 10.0. The predicted molar refractivity (Wildman–Crippen MR) is 181 cm³/mol. The maximum Gasteiger partial charge on any atom is 0.0786 e. The Kier molecular flexibility index (Phi) is 37.6. The highest BCUT2D eigenvalue weighted by Crippen LogP contribution is 2.21. The molecule has 0 aromatic rings. The largest absolute Gasteiger partial charge is 1.00 e. The zero-order chi connectivity index (χ0) is 28.5. The summed E-state index contributed by atoms with van der Waals surface area (Å²) in [4.78, 5) is 0. The summed E-state index contributed by atoms with van der Waals surface area (Å²) < 4.78 is 1.48. The first-order valence-electron chi connectivity index (χ1n) is 19.1. The lowest BCUT2D eigenvalue weighted by Crippen LogP contribution is -3.00. The SMILES string of the molecule is CCCCCCCCCCCC[N+](CCCCCCC)(CCCCCCC)CCCCCCCCCCCC.[Cl-]. The smallest absolute Gasteiger partial charge is 0.0786 e. The number of hydrogen-bond acceptors (Lipinski definition) is 0. The van der Waals surface area contributed by atoms with Crippen LogP contribution in [0.1, 0.15) is 220 Å². The van der Waals surface area contributed by atoms with Crippen molar-refractivity contribution in [1.82, 2.24) is 0 Å². The van der Waals surface area contributed by atoms with E-state index in [4.69, 9.17) is 0 Å². The molecule has 0 bridgehead atoms. The molecule has 0 atom stereocenters. The Labute approximate surface area is 262 Å². The van der Waals surface area contributed by atoms with Gasteiger partial charge in [-0.1, -0.05) is 169 Å². The van der Waals surface area contributed by atoms with Gasteiger partial charge in [-0.25, -0.2) is 0 Å². The molecular weight excluding hydrogens is 506 g/mol. The molecule has 0 amide bonds. The number of unbranched alkanes of at least 4 members (excludes halogenated alkanes) is 26. The van der Waals surface area contributed by atoms with Crippen molar-refractivity contribution in [3.05, 3.63) is 0 Å².